The second-order valence-corrected chi connectivity index (χ2v) is 5.84. The van der Waals surface area contributed by atoms with Crippen LogP contribution in [0.25, 0.3) is 0 Å². The van der Waals surface area contributed by atoms with Crippen molar-refractivity contribution in [3.63, 3.8) is 0 Å². The summed E-state index contributed by atoms with van der Waals surface area (Å²) in [5.41, 5.74) is 6.13. The highest BCUT2D eigenvalue weighted by Gasteiger charge is 2.46. The molecule has 2 saturated heterocycles. The standard InChI is InChI=1S/C13H24N2O/c1-16-13-4-2-3-12(13)15-10-5-6-11(15)8-9(14)7-10/h9-13H,2-8,14H2,1H3. The van der Waals surface area contributed by atoms with Gasteiger partial charge < -0.3 is 10.5 Å². The molecule has 1 aliphatic carbocycles. The third kappa shape index (κ3) is 1.69. The lowest BCUT2D eigenvalue weighted by Gasteiger charge is -2.43. The SMILES string of the molecule is COC1CCCC1N1C2CCC1CC(N)C2. The summed E-state index contributed by atoms with van der Waals surface area (Å²) >= 11 is 0. The van der Waals surface area contributed by atoms with Crippen LogP contribution in [0.1, 0.15) is 44.9 Å². The van der Waals surface area contributed by atoms with E-state index >= 15 is 0 Å². The first kappa shape index (κ1) is 11.0. The van der Waals surface area contributed by atoms with Gasteiger partial charge >= 0.3 is 0 Å². The fourth-order valence-electron chi connectivity index (χ4n) is 4.32. The molecule has 0 amide bonds. The van der Waals surface area contributed by atoms with Crippen LogP contribution in [0.3, 0.4) is 0 Å². The van der Waals surface area contributed by atoms with Gasteiger partial charge in [-0.05, 0) is 44.9 Å². The molecule has 0 aromatic heterocycles. The quantitative estimate of drug-likeness (QED) is 0.772. The van der Waals surface area contributed by atoms with Gasteiger partial charge in [0, 0.05) is 31.3 Å². The molecule has 2 heterocycles. The Morgan fingerprint density at radius 2 is 1.75 bits per heavy atom. The van der Waals surface area contributed by atoms with E-state index < -0.39 is 0 Å². The Labute approximate surface area is 98.3 Å². The number of fused-ring (bicyclic) bond motifs is 2. The summed E-state index contributed by atoms with van der Waals surface area (Å²) in [6.45, 7) is 0. The fourth-order valence-corrected chi connectivity index (χ4v) is 4.32. The molecule has 3 rings (SSSR count). The van der Waals surface area contributed by atoms with Gasteiger partial charge in [-0.2, -0.15) is 0 Å². The molecule has 1 saturated carbocycles. The Hall–Kier alpha value is -0.120. The summed E-state index contributed by atoms with van der Waals surface area (Å²) < 4.78 is 5.66. The van der Waals surface area contributed by atoms with E-state index in [1.54, 1.807) is 0 Å². The Balaban J connectivity index is 1.75. The van der Waals surface area contributed by atoms with Gasteiger partial charge in [-0.1, -0.05) is 0 Å². The Bertz CT molecular complexity index is 244. The first-order valence-electron chi connectivity index (χ1n) is 6.85. The molecular formula is C13H24N2O. The van der Waals surface area contributed by atoms with Crippen LogP contribution in [0.4, 0.5) is 0 Å². The average Bonchev–Trinajstić information content (AvgIpc) is 2.81. The largest absolute Gasteiger partial charge is 0.380 e. The van der Waals surface area contributed by atoms with E-state index in [1.165, 1.54) is 44.9 Å². The van der Waals surface area contributed by atoms with Gasteiger partial charge in [0.25, 0.3) is 0 Å². The molecule has 2 N–H and O–H groups in total. The maximum absolute atomic E-state index is 6.13. The van der Waals surface area contributed by atoms with Crippen molar-refractivity contribution in [2.75, 3.05) is 7.11 Å². The number of methoxy groups -OCH3 is 1. The summed E-state index contributed by atoms with van der Waals surface area (Å²) in [7, 11) is 1.88. The second-order valence-electron chi connectivity index (χ2n) is 5.84. The first-order valence-corrected chi connectivity index (χ1v) is 6.85. The minimum atomic E-state index is 0.455. The third-order valence-corrected chi connectivity index (χ3v) is 4.93. The topological polar surface area (TPSA) is 38.5 Å². The minimum absolute atomic E-state index is 0.455. The van der Waals surface area contributed by atoms with Gasteiger partial charge in [0.2, 0.25) is 0 Å². The van der Waals surface area contributed by atoms with Crippen molar-refractivity contribution in [1.82, 2.24) is 4.90 Å². The van der Waals surface area contributed by atoms with E-state index in [0.717, 1.165) is 12.1 Å². The van der Waals surface area contributed by atoms with Crippen LogP contribution in [0, 0.1) is 0 Å². The molecule has 0 aromatic rings. The van der Waals surface area contributed by atoms with Crippen molar-refractivity contribution >= 4 is 0 Å². The molecule has 0 aromatic carbocycles. The van der Waals surface area contributed by atoms with E-state index in [1.807, 2.05) is 7.11 Å². The lowest BCUT2D eigenvalue weighted by Crippen LogP contribution is -2.54. The lowest BCUT2D eigenvalue weighted by molar-refractivity contribution is -0.00671. The molecular weight excluding hydrogens is 200 g/mol. The molecule has 16 heavy (non-hydrogen) atoms. The van der Waals surface area contributed by atoms with Gasteiger partial charge in [0.15, 0.2) is 0 Å². The van der Waals surface area contributed by atoms with Crippen molar-refractivity contribution in [3.8, 4) is 0 Å². The molecule has 92 valence electrons. The Morgan fingerprint density at radius 1 is 1.06 bits per heavy atom. The summed E-state index contributed by atoms with van der Waals surface area (Å²) in [6.07, 6.45) is 9.57. The number of piperidine rings is 1. The van der Waals surface area contributed by atoms with Crippen LogP contribution < -0.4 is 5.73 Å². The van der Waals surface area contributed by atoms with Crippen molar-refractivity contribution in [1.29, 1.82) is 0 Å². The van der Waals surface area contributed by atoms with E-state index in [-0.39, 0.29) is 0 Å². The summed E-state index contributed by atoms with van der Waals surface area (Å²) in [5.74, 6) is 0. The molecule has 3 fully saturated rings. The van der Waals surface area contributed by atoms with Crippen LogP contribution in [0.15, 0.2) is 0 Å². The van der Waals surface area contributed by atoms with Crippen molar-refractivity contribution in [2.24, 2.45) is 5.73 Å². The highest BCUT2D eigenvalue weighted by atomic mass is 16.5. The van der Waals surface area contributed by atoms with Gasteiger partial charge in [0.1, 0.15) is 0 Å². The summed E-state index contributed by atoms with van der Waals surface area (Å²) in [4.78, 5) is 2.78. The smallest absolute Gasteiger partial charge is 0.0726 e. The molecule has 0 spiro atoms. The molecule has 2 bridgehead atoms. The van der Waals surface area contributed by atoms with Gasteiger partial charge in [-0.3, -0.25) is 4.90 Å². The number of nitrogens with zero attached hydrogens (tertiary/aromatic N) is 1. The lowest BCUT2D eigenvalue weighted by atomic mass is 9.95. The molecule has 3 aliphatic rings. The first-order chi connectivity index (χ1) is 7.79. The maximum atomic E-state index is 6.13. The number of hydrogen-bond acceptors (Lipinski definition) is 3. The molecule has 3 nitrogen and oxygen atoms in total. The normalized spacial score (nSPS) is 48.8. The van der Waals surface area contributed by atoms with Crippen LogP contribution in [0.2, 0.25) is 0 Å². The number of rotatable bonds is 2. The van der Waals surface area contributed by atoms with Gasteiger partial charge in [-0.15, -0.1) is 0 Å². The highest BCUT2D eigenvalue weighted by Crippen LogP contribution is 2.41. The Morgan fingerprint density at radius 3 is 2.38 bits per heavy atom. The summed E-state index contributed by atoms with van der Waals surface area (Å²) in [5, 5.41) is 0. The third-order valence-electron chi connectivity index (χ3n) is 4.93. The average molecular weight is 224 g/mol. The van der Waals surface area contributed by atoms with Crippen LogP contribution in [0.5, 0.6) is 0 Å². The minimum Gasteiger partial charge on any atom is -0.380 e. The molecule has 4 atom stereocenters. The zero-order valence-corrected chi connectivity index (χ0v) is 10.3. The van der Waals surface area contributed by atoms with Crippen molar-refractivity contribution < 1.29 is 4.74 Å². The van der Waals surface area contributed by atoms with Gasteiger partial charge in [0.05, 0.1) is 6.10 Å². The Kier molecular flexibility index (Phi) is 2.94. The van der Waals surface area contributed by atoms with Crippen LogP contribution in [-0.4, -0.2) is 42.3 Å². The maximum Gasteiger partial charge on any atom is 0.0726 e. The van der Waals surface area contributed by atoms with E-state index in [4.69, 9.17) is 10.5 Å². The molecule has 4 unspecified atom stereocenters. The summed E-state index contributed by atoms with van der Waals surface area (Å²) in [6, 6.07) is 2.66. The zero-order chi connectivity index (χ0) is 11.1. The van der Waals surface area contributed by atoms with E-state index in [0.29, 0.717) is 18.2 Å². The predicted molar refractivity (Wildman–Crippen MR) is 64.3 cm³/mol. The number of ether oxygens (including phenoxy) is 1. The molecule has 0 radical (unpaired) electrons. The number of hydrogen-bond donors (Lipinski definition) is 1. The van der Waals surface area contributed by atoms with E-state index in [2.05, 4.69) is 4.90 Å². The van der Waals surface area contributed by atoms with E-state index in [9.17, 15) is 0 Å². The molecule has 3 heteroatoms. The fraction of sp³-hybridized carbons (Fsp3) is 1.00. The zero-order valence-electron chi connectivity index (χ0n) is 10.3. The van der Waals surface area contributed by atoms with Gasteiger partial charge in [-0.25, -0.2) is 0 Å². The van der Waals surface area contributed by atoms with Crippen LogP contribution >= 0.6 is 0 Å². The monoisotopic (exact) mass is 224 g/mol. The second kappa shape index (κ2) is 4.28. The predicted octanol–water partition coefficient (Wildman–Crippen LogP) is 1.51. The van der Waals surface area contributed by atoms with Crippen molar-refractivity contribution in [2.45, 2.75) is 75.2 Å². The van der Waals surface area contributed by atoms with Crippen molar-refractivity contribution in [3.05, 3.63) is 0 Å². The highest BCUT2D eigenvalue weighted by molar-refractivity contribution is 5.02. The number of nitrogens with two attached hydrogens (primary N) is 1. The molecule has 2 aliphatic heterocycles. The van der Waals surface area contributed by atoms with Crippen LogP contribution in [-0.2, 0) is 4.74 Å².